The second-order valence-corrected chi connectivity index (χ2v) is 4.80. The Labute approximate surface area is 114 Å². The van der Waals surface area contributed by atoms with Crippen LogP contribution in [0.25, 0.3) is 5.69 Å². The molecule has 2 N–H and O–H groups in total. The molecule has 102 valence electrons. The smallest absolute Gasteiger partial charge is 0.214 e. The number of thioether (sulfide) groups is 1. The van der Waals surface area contributed by atoms with E-state index in [0.29, 0.717) is 10.9 Å². The highest BCUT2D eigenvalue weighted by atomic mass is 32.2. The Morgan fingerprint density at radius 2 is 2.11 bits per heavy atom. The number of phenolic OH excluding ortho intramolecular Hbond substituents is 1. The number of phenols is 1. The minimum atomic E-state index is -0.569. The first-order valence-corrected chi connectivity index (χ1v) is 6.57. The predicted molar refractivity (Wildman–Crippen MR) is 69.4 cm³/mol. The topological polar surface area (TPSA) is 93.3 Å². The summed E-state index contributed by atoms with van der Waals surface area (Å²) in [5.41, 5.74) is 0.742. The van der Waals surface area contributed by atoms with Gasteiger partial charge in [0.15, 0.2) is 0 Å². The molecule has 0 saturated carbocycles. The van der Waals surface area contributed by atoms with Crippen LogP contribution in [0.4, 0.5) is 0 Å². The van der Waals surface area contributed by atoms with Gasteiger partial charge in [-0.15, -0.1) is 5.10 Å². The van der Waals surface area contributed by atoms with E-state index in [2.05, 4.69) is 15.5 Å². The Morgan fingerprint density at radius 3 is 2.79 bits per heavy atom. The van der Waals surface area contributed by atoms with E-state index in [-0.39, 0.29) is 12.4 Å². The zero-order chi connectivity index (χ0) is 13.7. The van der Waals surface area contributed by atoms with Gasteiger partial charge in [0.1, 0.15) is 5.75 Å². The number of aliphatic hydroxyl groups is 1. The number of benzene rings is 1. The molecule has 0 aliphatic rings. The largest absolute Gasteiger partial charge is 0.508 e. The fourth-order valence-corrected chi connectivity index (χ4v) is 2.23. The molecule has 1 unspecified atom stereocenters. The van der Waals surface area contributed by atoms with E-state index >= 15 is 0 Å². The van der Waals surface area contributed by atoms with Crippen molar-refractivity contribution in [1.82, 2.24) is 20.2 Å². The molecule has 1 atom stereocenters. The van der Waals surface area contributed by atoms with Gasteiger partial charge >= 0.3 is 0 Å². The molecule has 0 fully saturated rings. The van der Waals surface area contributed by atoms with Crippen molar-refractivity contribution < 1.29 is 14.9 Å². The second kappa shape index (κ2) is 6.50. The molecule has 0 saturated heterocycles. The molecule has 0 spiro atoms. The van der Waals surface area contributed by atoms with E-state index < -0.39 is 6.10 Å². The van der Waals surface area contributed by atoms with Gasteiger partial charge in [-0.3, -0.25) is 0 Å². The molecule has 2 aromatic rings. The molecule has 1 heterocycles. The molecule has 1 aromatic heterocycles. The lowest BCUT2D eigenvalue weighted by atomic mass is 10.3. The normalized spacial score (nSPS) is 12.5. The third-order valence-electron chi connectivity index (χ3n) is 2.30. The first-order valence-electron chi connectivity index (χ1n) is 5.58. The monoisotopic (exact) mass is 282 g/mol. The summed E-state index contributed by atoms with van der Waals surface area (Å²) < 4.78 is 6.40. The lowest BCUT2D eigenvalue weighted by molar-refractivity contribution is 0.0793. The van der Waals surface area contributed by atoms with Crippen LogP contribution in [-0.4, -0.2) is 56.0 Å². The van der Waals surface area contributed by atoms with Crippen LogP contribution in [0, 0.1) is 0 Å². The summed E-state index contributed by atoms with van der Waals surface area (Å²) in [6.07, 6.45) is -0.569. The first kappa shape index (κ1) is 13.8. The van der Waals surface area contributed by atoms with Gasteiger partial charge in [-0.2, -0.15) is 4.68 Å². The maximum atomic E-state index is 9.59. The van der Waals surface area contributed by atoms with Crippen molar-refractivity contribution >= 4 is 11.8 Å². The van der Waals surface area contributed by atoms with Crippen LogP contribution in [0.15, 0.2) is 29.4 Å². The SMILES string of the molecule is COCC(O)CSc1nnnn1-c1ccc(O)cc1. The van der Waals surface area contributed by atoms with Crippen molar-refractivity contribution in [2.24, 2.45) is 0 Å². The van der Waals surface area contributed by atoms with Crippen molar-refractivity contribution in [3.8, 4) is 11.4 Å². The Balaban J connectivity index is 2.07. The van der Waals surface area contributed by atoms with E-state index in [9.17, 15) is 10.2 Å². The Morgan fingerprint density at radius 1 is 1.37 bits per heavy atom. The summed E-state index contributed by atoms with van der Waals surface area (Å²) in [6, 6.07) is 6.54. The van der Waals surface area contributed by atoms with Gasteiger partial charge in [0.05, 0.1) is 18.4 Å². The molecule has 0 radical (unpaired) electrons. The Kier molecular flexibility index (Phi) is 4.72. The second-order valence-electron chi connectivity index (χ2n) is 3.81. The number of ether oxygens (including phenoxy) is 1. The lowest BCUT2D eigenvalue weighted by Crippen LogP contribution is -2.17. The number of hydrogen-bond acceptors (Lipinski definition) is 7. The van der Waals surface area contributed by atoms with Gasteiger partial charge in [-0.1, -0.05) is 11.8 Å². The van der Waals surface area contributed by atoms with Gasteiger partial charge in [0.25, 0.3) is 0 Å². The summed E-state index contributed by atoms with van der Waals surface area (Å²) in [7, 11) is 1.54. The number of nitrogens with zero attached hydrogens (tertiary/aromatic N) is 4. The number of tetrazole rings is 1. The third-order valence-corrected chi connectivity index (χ3v) is 3.36. The average molecular weight is 282 g/mol. The Bertz CT molecular complexity index is 517. The van der Waals surface area contributed by atoms with Crippen LogP contribution in [0.5, 0.6) is 5.75 Å². The van der Waals surface area contributed by atoms with Crippen LogP contribution >= 0.6 is 11.8 Å². The van der Waals surface area contributed by atoms with E-state index in [1.165, 1.54) is 18.9 Å². The molecule has 0 bridgehead atoms. The lowest BCUT2D eigenvalue weighted by Gasteiger charge is -2.08. The number of aromatic nitrogens is 4. The van der Waals surface area contributed by atoms with E-state index in [1.807, 2.05) is 0 Å². The quantitative estimate of drug-likeness (QED) is 0.744. The van der Waals surface area contributed by atoms with Gasteiger partial charge in [0, 0.05) is 12.9 Å². The minimum absolute atomic E-state index is 0.182. The maximum Gasteiger partial charge on any atom is 0.214 e. The predicted octanol–water partition coefficient (Wildman–Crippen LogP) is 0.467. The fraction of sp³-hybridized carbons (Fsp3) is 0.364. The summed E-state index contributed by atoms with van der Waals surface area (Å²) >= 11 is 1.34. The van der Waals surface area contributed by atoms with E-state index in [0.717, 1.165) is 5.69 Å². The third kappa shape index (κ3) is 3.66. The van der Waals surface area contributed by atoms with E-state index in [1.54, 1.807) is 28.9 Å². The van der Waals surface area contributed by atoms with Crippen molar-refractivity contribution in [1.29, 1.82) is 0 Å². The van der Waals surface area contributed by atoms with Gasteiger partial charge in [-0.05, 0) is 34.7 Å². The average Bonchev–Trinajstić information content (AvgIpc) is 2.86. The number of aromatic hydroxyl groups is 1. The minimum Gasteiger partial charge on any atom is -0.508 e. The van der Waals surface area contributed by atoms with Gasteiger partial charge in [0.2, 0.25) is 5.16 Å². The van der Waals surface area contributed by atoms with Gasteiger partial charge < -0.3 is 14.9 Å². The highest BCUT2D eigenvalue weighted by Crippen LogP contribution is 2.20. The van der Waals surface area contributed by atoms with Crippen LogP contribution in [0.2, 0.25) is 0 Å². The van der Waals surface area contributed by atoms with Crippen molar-refractivity contribution in [2.75, 3.05) is 19.5 Å². The number of hydrogen-bond donors (Lipinski definition) is 2. The zero-order valence-corrected chi connectivity index (χ0v) is 11.1. The Hall–Kier alpha value is -1.64. The molecule has 0 amide bonds. The van der Waals surface area contributed by atoms with Crippen LogP contribution < -0.4 is 0 Å². The molecular weight excluding hydrogens is 268 g/mol. The summed E-state index contributed by atoms with van der Waals surface area (Å²) in [5.74, 6) is 0.619. The molecule has 2 rings (SSSR count). The molecular formula is C11H14N4O3S. The fourth-order valence-electron chi connectivity index (χ4n) is 1.44. The zero-order valence-electron chi connectivity index (χ0n) is 10.3. The summed E-state index contributed by atoms with van der Waals surface area (Å²) in [5, 5.41) is 30.8. The summed E-state index contributed by atoms with van der Waals surface area (Å²) in [4.78, 5) is 0. The molecule has 0 aliphatic heterocycles. The van der Waals surface area contributed by atoms with Crippen molar-refractivity contribution in [3.05, 3.63) is 24.3 Å². The van der Waals surface area contributed by atoms with Crippen molar-refractivity contribution in [2.45, 2.75) is 11.3 Å². The molecule has 19 heavy (non-hydrogen) atoms. The number of rotatable bonds is 6. The first-order chi connectivity index (χ1) is 9.20. The van der Waals surface area contributed by atoms with Crippen LogP contribution in [-0.2, 0) is 4.74 Å². The molecule has 0 aliphatic carbocycles. The maximum absolute atomic E-state index is 9.59. The number of aliphatic hydroxyl groups excluding tert-OH is 1. The highest BCUT2D eigenvalue weighted by molar-refractivity contribution is 7.99. The van der Waals surface area contributed by atoms with Crippen LogP contribution in [0.3, 0.4) is 0 Å². The van der Waals surface area contributed by atoms with Crippen molar-refractivity contribution in [3.63, 3.8) is 0 Å². The highest BCUT2D eigenvalue weighted by Gasteiger charge is 2.12. The van der Waals surface area contributed by atoms with E-state index in [4.69, 9.17) is 4.74 Å². The van der Waals surface area contributed by atoms with Gasteiger partial charge in [-0.25, -0.2) is 0 Å². The summed E-state index contributed by atoms with van der Waals surface area (Å²) in [6.45, 7) is 0.272. The standard InChI is InChI=1S/C11H14N4O3S/c1-18-6-10(17)7-19-11-12-13-14-15(11)8-2-4-9(16)5-3-8/h2-5,10,16-17H,6-7H2,1H3. The molecule has 7 nitrogen and oxygen atoms in total. The number of methoxy groups -OCH3 is 1. The molecule has 8 heteroatoms. The van der Waals surface area contributed by atoms with Crippen LogP contribution in [0.1, 0.15) is 0 Å². The molecule has 1 aromatic carbocycles.